The van der Waals surface area contributed by atoms with E-state index in [0.29, 0.717) is 24.9 Å². The number of rotatable bonds is 7. The highest BCUT2D eigenvalue weighted by Crippen LogP contribution is 2.31. The van der Waals surface area contributed by atoms with Crippen LogP contribution in [0.3, 0.4) is 0 Å². The van der Waals surface area contributed by atoms with E-state index in [0.717, 1.165) is 23.3 Å². The number of hydrogen-bond donors (Lipinski definition) is 1. The van der Waals surface area contributed by atoms with Gasteiger partial charge in [0.05, 0.1) is 5.56 Å². The van der Waals surface area contributed by atoms with Crippen molar-refractivity contribution in [3.05, 3.63) is 59.7 Å². The first-order valence-corrected chi connectivity index (χ1v) is 10.8. The second kappa shape index (κ2) is 10.7. The van der Waals surface area contributed by atoms with E-state index in [1.54, 1.807) is 27.8 Å². The lowest BCUT2D eigenvalue weighted by Gasteiger charge is -2.29. The second-order valence-corrected chi connectivity index (χ2v) is 8.83. The summed E-state index contributed by atoms with van der Waals surface area (Å²) < 4.78 is 43.5. The van der Waals surface area contributed by atoms with E-state index in [9.17, 15) is 22.8 Å². The zero-order valence-electron chi connectivity index (χ0n) is 19.6. The van der Waals surface area contributed by atoms with Crippen LogP contribution < -0.4 is 5.32 Å². The number of halogens is 3. The Morgan fingerprint density at radius 2 is 1.48 bits per heavy atom. The molecule has 2 aromatic carbocycles. The number of carbonyl (C=O) groups is 2. The molecule has 0 aliphatic carbocycles. The largest absolute Gasteiger partial charge is 0.444 e. The summed E-state index contributed by atoms with van der Waals surface area (Å²) in [6.45, 7) is 7.51. The average molecular weight is 465 g/mol. The molecule has 0 aliphatic rings. The Balaban J connectivity index is 1.91. The first-order chi connectivity index (χ1) is 15.3. The van der Waals surface area contributed by atoms with E-state index in [-0.39, 0.29) is 5.91 Å². The van der Waals surface area contributed by atoms with E-state index in [1.807, 2.05) is 31.2 Å². The highest BCUT2D eigenvalue weighted by molar-refractivity contribution is 5.85. The van der Waals surface area contributed by atoms with Crippen molar-refractivity contribution in [3.63, 3.8) is 0 Å². The van der Waals surface area contributed by atoms with Gasteiger partial charge in [0.15, 0.2) is 0 Å². The van der Waals surface area contributed by atoms with Gasteiger partial charge in [0.1, 0.15) is 11.6 Å². The molecule has 0 saturated carbocycles. The van der Waals surface area contributed by atoms with Gasteiger partial charge in [0.2, 0.25) is 5.91 Å². The van der Waals surface area contributed by atoms with E-state index < -0.39 is 29.5 Å². The van der Waals surface area contributed by atoms with Crippen LogP contribution >= 0.6 is 0 Å². The molecule has 2 rings (SSSR count). The summed E-state index contributed by atoms with van der Waals surface area (Å²) in [5.41, 5.74) is 1.15. The lowest BCUT2D eigenvalue weighted by atomic mass is 10.0. The fourth-order valence-electron chi connectivity index (χ4n) is 3.26. The predicted octanol–water partition coefficient (Wildman–Crippen LogP) is 5.68. The average Bonchev–Trinajstić information content (AvgIpc) is 2.73. The van der Waals surface area contributed by atoms with Crippen LogP contribution in [0.15, 0.2) is 48.5 Å². The SMILES string of the molecule is CC[C@@H](C(=O)NCCc1ccc(-c2ccc(C(F)(F)F)cc2)cc1)N(C)C(=O)OC(C)(C)C. The van der Waals surface area contributed by atoms with Gasteiger partial charge >= 0.3 is 12.3 Å². The molecule has 1 atom stereocenters. The molecule has 1 N–H and O–H groups in total. The molecule has 2 aromatic rings. The van der Waals surface area contributed by atoms with Crippen molar-refractivity contribution in [1.29, 1.82) is 0 Å². The van der Waals surface area contributed by atoms with Gasteiger partial charge < -0.3 is 10.1 Å². The molecule has 0 unspecified atom stereocenters. The Bertz CT molecular complexity index is 933. The molecule has 0 spiro atoms. The van der Waals surface area contributed by atoms with Gasteiger partial charge in [-0.25, -0.2) is 4.79 Å². The minimum atomic E-state index is -4.36. The van der Waals surface area contributed by atoms with Gasteiger partial charge in [-0.1, -0.05) is 43.3 Å². The van der Waals surface area contributed by atoms with Crippen molar-refractivity contribution in [1.82, 2.24) is 10.2 Å². The Morgan fingerprint density at radius 3 is 1.94 bits per heavy atom. The van der Waals surface area contributed by atoms with Crippen molar-refractivity contribution >= 4 is 12.0 Å². The van der Waals surface area contributed by atoms with Gasteiger partial charge in [-0.2, -0.15) is 13.2 Å². The monoisotopic (exact) mass is 464 g/mol. The minimum Gasteiger partial charge on any atom is -0.444 e. The van der Waals surface area contributed by atoms with Gasteiger partial charge in [-0.3, -0.25) is 9.69 Å². The van der Waals surface area contributed by atoms with E-state index in [2.05, 4.69) is 5.32 Å². The molecular weight excluding hydrogens is 433 g/mol. The maximum Gasteiger partial charge on any atom is 0.416 e. The van der Waals surface area contributed by atoms with Gasteiger partial charge in [-0.15, -0.1) is 0 Å². The summed E-state index contributed by atoms with van der Waals surface area (Å²) in [4.78, 5) is 26.1. The van der Waals surface area contributed by atoms with Crippen LogP contribution in [-0.2, 0) is 22.1 Å². The second-order valence-electron chi connectivity index (χ2n) is 8.83. The smallest absolute Gasteiger partial charge is 0.416 e. The normalized spacial score (nSPS) is 12.7. The number of benzene rings is 2. The maximum absolute atomic E-state index is 12.7. The van der Waals surface area contributed by atoms with Crippen molar-refractivity contribution in [2.75, 3.05) is 13.6 Å². The van der Waals surface area contributed by atoms with Crippen LogP contribution in [0.1, 0.15) is 45.2 Å². The topological polar surface area (TPSA) is 58.6 Å². The van der Waals surface area contributed by atoms with Crippen LogP contribution in [0, 0.1) is 0 Å². The van der Waals surface area contributed by atoms with Crippen molar-refractivity contribution < 1.29 is 27.5 Å². The minimum absolute atomic E-state index is 0.257. The number of carbonyl (C=O) groups excluding carboxylic acids is 2. The Hall–Kier alpha value is -3.03. The molecule has 0 radical (unpaired) electrons. The highest BCUT2D eigenvalue weighted by Gasteiger charge is 2.30. The number of nitrogens with zero attached hydrogens (tertiary/aromatic N) is 1. The number of hydrogen-bond acceptors (Lipinski definition) is 3. The number of nitrogens with one attached hydrogen (secondary N) is 1. The van der Waals surface area contributed by atoms with E-state index in [1.165, 1.54) is 17.0 Å². The molecule has 0 aliphatic heterocycles. The molecule has 0 aromatic heterocycles. The molecule has 2 amide bonds. The molecule has 8 heteroatoms. The molecule has 180 valence electrons. The van der Waals surface area contributed by atoms with Gasteiger partial charge in [0, 0.05) is 13.6 Å². The predicted molar refractivity (Wildman–Crippen MR) is 122 cm³/mol. The van der Waals surface area contributed by atoms with Gasteiger partial charge in [-0.05, 0) is 62.4 Å². The fourth-order valence-corrected chi connectivity index (χ4v) is 3.26. The Labute approximate surface area is 192 Å². The van der Waals surface area contributed by atoms with Crippen molar-refractivity contribution in [3.8, 4) is 11.1 Å². The third-order valence-corrected chi connectivity index (χ3v) is 5.05. The maximum atomic E-state index is 12.7. The summed E-state index contributed by atoms with van der Waals surface area (Å²) in [6.07, 6.45) is -3.89. The van der Waals surface area contributed by atoms with E-state index >= 15 is 0 Å². The first-order valence-electron chi connectivity index (χ1n) is 10.8. The third kappa shape index (κ3) is 7.80. The van der Waals surface area contributed by atoms with Crippen LogP contribution in [-0.4, -0.2) is 42.1 Å². The lowest BCUT2D eigenvalue weighted by Crippen LogP contribution is -2.49. The number of likely N-dealkylation sites (N-methyl/N-ethyl adjacent to an activating group) is 1. The summed E-state index contributed by atoms with van der Waals surface area (Å²) in [5, 5.41) is 2.85. The van der Waals surface area contributed by atoms with Crippen LogP contribution in [0.25, 0.3) is 11.1 Å². The summed E-state index contributed by atoms with van der Waals surface area (Å²) in [7, 11) is 1.54. The zero-order chi connectivity index (χ0) is 24.8. The molecule has 0 bridgehead atoms. The zero-order valence-corrected chi connectivity index (χ0v) is 19.6. The van der Waals surface area contributed by atoms with E-state index in [4.69, 9.17) is 4.74 Å². The molecule has 0 heterocycles. The molecule has 0 fully saturated rings. The lowest BCUT2D eigenvalue weighted by molar-refractivity contribution is -0.137. The Kier molecular flexibility index (Phi) is 8.52. The first kappa shape index (κ1) is 26.2. The summed E-state index contributed by atoms with van der Waals surface area (Å²) in [5.74, 6) is -0.257. The third-order valence-electron chi connectivity index (χ3n) is 5.05. The quantitative estimate of drug-likeness (QED) is 0.574. The van der Waals surface area contributed by atoms with Crippen molar-refractivity contribution in [2.24, 2.45) is 0 Å². The molecule has 0 saturated heterocycles. The number of amides is 2. The van der Waals surface area contributed by atoms with Crippen molar-refractivity contribution in [2.45, 2.75) is 58.4 Å². The highest BCUT2D eigenvalue weighted by atomic mass is 19.4. The standard InChI is InChI=1S/C25H31F3N2O3/c1-6-21(30(5)23(32)33-24(2,3)4)22(31)29-16-15-17-7-9-18(10-8-17)19-11-13-20(14-12-19)25(26,27)28/h7-14,21H,6,15-16H2,1-5H3,(H,29,31)/t21-/m0/s1. The fraction of sp³-hybridized carbons (Fsp3) is 0.440. The molecular formula is C25H31F3N2O3. The van der Waals surface area contributed by atoms with Crippen LogP contribution in [0.2, 0.25) is 0 Å². The molecule has 5 nitrogen and oxygen atoms in total. The Morgan fingerprint density at radius 1 is 0.970 bits per heavy atom. The summed E-state index contributed by atoms with van der Waals surface area (Å²) >= 11 is 0. The molecule has 33 heavy (non-hydrogen) atoms. The van der Waals surface area contributed by atoms with Gasteiger partial charge in [0.25, 0.3) is 0 Å². The summed E-state index contributed by atoms with van der Waals surface area (Å²) in [6, 6.07) is 11.8. The number of ether oxygens (including phenoxy) is 1. The number of alkyl halides is 3. The van der Waals surface area contributed by atoms with Crippen LogP contribution in [0.5, 0.6) is 0 Å². The van der Waals surface area contributed by atoms with Crippen LogP contribution in [0.4, 0.5) is 18.0 Å².